The maximum atomic E-state index is 11.5. The van der Waals surface area contributed by atoms with E-state index in [4.69, 9.17) is 17.0 Å². The normalized spacial score (nSPS) is 10.1. The van der Waals surface area contributed by atoms with Gasteiger partial charge in [-0.05, 0) is 35.4 Å². The van der Waals surface area contributed by atoms with Crippen molar-refractivity contribution in [3.05, 3.63) is 90.0 Å². The largest absolute Gasteiger partial charge is 0.465 e. The highest BCUT2D eigenvalue weighted by atomic mass is 32.1. The third-order valence-electron chi connectivity index (χ3n) is 3.82. The van der Waals surface area contributed by atoms with E-state index in [0.29, 0.717) is 10.6 Å². The molecule has 0 aliphatic carbocycles. The van der Waals surface area contributed by atoms with E-state index in [1.54, 1.807) is 24.3 Å². The van der Waals surface area contributed by atoms with Crippen LogP contribution in [0.1, 0.15) is 15.9 Å². The van der Waals surface area contributed by atoms with E-state index in [0.717, 1.165) is 16.8 Å². The minimum absolute atomic E-state index is 0.359. The van der Waals surface area contributed by atoms with Gasteiger partial charge in [0, 0.05) is 11.3 Å². The summed E-state index contributed by atoms with van der Waals surface area (Å²) < 4.78 is 4.69. The number of nitrogens with one attached hydrogen (secondary N) is 1. The highest BCUT2D eigenvalue weighted by Crippen LogP contribution is 2.21. The number of carbonyl (C=O) groups excluding carboxylic acids is 1. The number of anilines is 1. The van der Waals surface area contributed by atoms with Crippen molar-refractivity contribution >= 4 is 28.9 Å². The first kappa shape index (κ1) is 16.9. The summed E-state index contributed by atoms with van der Waals surface area (Å²) in [5, 5.41) is 3.21. The summed E-state index contributed by atoms with van der Waals surface area (Å²) in [5.74, 6) is -0.359. The quantitative estimate of drug-likeness (QED) is 0.536. The highest BCUT2D eigenvalue weighted by molar-refractivity contribution is 7.81. The zero-order valence-corrected chi connectivity index (χ0v) is 14.5. The topological polar surface area (TPSA) is 38.3 Å². The van der Waals surface area contributed by atoms with Crippen molar-refractivity contribution in [1.82, 2.24) is 0 Å². The van der Waals surface area contributed by atoms with Crippen molar-refractivity contribution < 1.29 is 9.53 Å². The highest BCUT2D eigenvalue weighted by Gasteiger charge is 2.07. The third-order valence-corrected chi connectivity index (χ3v) is 4.16. The second kappa shape index (κ2) is 7.73. The first-order chi connectivity index (χ1) is 12.2. The number of benzene rings is 3. The predicted molar refractivity (Wildman–Crippen MR) is 105 cm³/mol. The van der Waals surface area contributed by atoms with E-state index in [9.17, 15) is 4.79 Å². The Morgan fingerprint density at radius 2 is 1.36 bits per heavy atom. The molecule has 0 amide bonds. The van der Waals surface area contributed by atoms with Crippen LogP contribution in [-0.4, -0.2) is 18.1 Å². The Labute approximate surface area is 152 Å². The first-order valence-electron chi connectivity index (χ1n) is 7.82. The van der Waals surface area contributed by atoms with Crippen LogP contribution in [0.3, 0.4) is 0 Å². The molecule has 4 heteroatoms. The molecule has 0 saturated heterocycles. The molecular formula is C21H17NO2S. The Morgan fingerprint density at radius 1 is 0.800 bits per heavy atom. The number of methoxy groups -OCH3 is 1. The van der Waals surface area contributed by atoms with Gasteiger partial charge in [-0.25, -0.2) is 4.79 Å². The summed E-state index contributed by atoms with van der Waals surface area (Å²) in [6.07, 6.45) is 0. The number of ether oxygens (including phenoxy) is 1. The molecule has 0 spiro atoms. The molecule has 0 radical (unpaired) electrons. The van der Waals surface area contributed by atoms with E-state index in [2.05, 4.69) is 29.6 Å². The van der Waals surface area contributed by atoms with Gasteiger partial charge in [-0.1, -0.05) is 66.8 Å². The molecule has 0 aromatic heterocycles. The van der Waals surface area contributed by atoms with Gasteiger partial charge in [0.15, 0.2) is 0 Å². The van der Waals surface area contributed by atoms with Crippen molar-refractivity contribution in [2.45, 2.75) is 0 Å². The Hall–Kier alpha value is -2.98. The number of carbonyl (C=O) groups is 1. The zero-order chi connectivity index (χ0) is 17.6. The molecule has 0 fully saturated rings. The summed E-state index contributed by atoms with van der Waals surface area (Å²) >= 11 is 5.44. The fraction of sp³-hybridized carbons (Fsp3) is 0.0476. The summed E-state index contributed by atoms with van der Waals surface area (Å²) in [7, 11) is 1.36. The van der Waals surface area contributed by atoms with Crippen LogP contribution in [0.4, 0.5) is 5.69 Å². The van der Waals surface area contributed by atoms with Gasteiger partial charge in [-0.3, -0.25) is 0 Å². The lowest BCUT2D eigenvalue weighted by Gasteiger charge is -2.10. The third kappa shape index (κ3) is 4.11. The molecule has 1 N–H and O–H groups in total. The van der Waals surface area contributed by atoms with Gasteiger partial charge in [-0.15, -0.1) is 0 Å². The Kier molecular flexibility index (Phi) is 5.21. The van der Waals surface area contributed by atoms with E-state index in [1.807, 2.05) is 30.3 Å². The SMILES string of the molecule is COC(=O)c1ccc(C(=S)Nc2ccc(-c3ccccc3)cc2)cc1. The summed E-state index contributed by atoms with van der Waals surface area (Å²) in [6, 6.07) is 25.3. The fourth-order valence-corrected chi connectivity index (χ4v) is 2.71. The van der Waals surface area contributed by atoms with Crippen molar-refractivity contribution in [3.8, 4) is 11.1 Å². The van der Waals surface area contributed by atoms with Gasteiger partial charge in [0.2, 0.25) is 0 Å². The van der Waals surface area contributed by atoms with E-state index < -0.39 is 0 Å². The summed E-state index contributed by atoms with van der Waals surface area (Å²) in [6.45, 7) is 0. The molecule has 0 heterocycles. The maximum Gasteiger partial charge on any atom is 0.337 e. The lowest BCUT2D eigenvalue weighted by atomic mass is 10.1. The number of rotatable bonds is 4. The van der Waals surface area contributed by atoms with Crippen molar-refractivity contribution in [2.24, 2.45) is 0 Å². The minimum atomic E-state index is -0.359. The zero-order valence-electron chi connectivity index (χ0n) is 13.7. The van der Waals surface area contributed by atoms with Crippen LogP contribution in [0.15, 0.2) is 78.9 Å². The molecule has 0 aliphatic heterocycles. The fourth-order valence-electron chi connectivity index (χ4n) is 2.46. The molecule has 3 rings (SSSR count). The molecule has 0 unspecified atom stereocenters. The van der Waals surface area contributed by atoms with Crippen LogP contribution in [0.5, 0.6) is 0 Å². The number of hydrogen-bond donors (Lipinski definition) is 1. The van der Waals surface area contributed by atoms with Gasteiger partial charge < -0.3 is 10.1 Å². The van der Waals surface area contributed by atoms with Crippen LogP contribution in [0, 0.1) is 0 Å². The molecule has 0 atom stereocenters. The Balaban J connectivity index is 1.69. The first-order valence-corrected chi connectivity index (χ1v) is 8.23. The van der Waals surface area contributed by atoms with Crippen LogP contribution in [0.25, 0.3) is 11.1 Å². The molecule has 3 nitrogen and oxygen atoms in total. The van der Waals surface area contributed by atoms with Crippen molar-refractivity contribution in [3.63, 3.8) is 0 Å². The second-order valence-electron chi connectivity index (χ2n) is 5.47. The van der Waals surface area contributed by atoms with E-state index in [-0.39, 0.29) is 5.97 Å². The molecule has 0 saturated carbocycles. The average Bonchev–Trinajstić information content (AvgIpc) is 2.68. The Bertz CT molecular complexity index is 872. The van der Waals surface area contributed by atoms with Crippen LogP contribution < -0.4 is 5.32 Å². The number of esters is 1. The van der Waals surface area contributed by atoms with Crippen LogP contribution >= 0.6 is 12.2 Å². The smallest absolute Gasteiger partial charge is 0.337 e. The summed E-state index contributed by atoms with van der Waals surface area (Å²) in [4.78, 5) is 12.1. The molecule has 3 aromatic carbocycles. The Morgan fingerprint density at radius 3 is 1.96 bits per heavy atom. The molecule has 0 aliphatic rings. The van der Waals surface area contributed by atoms with E-state index in [1.165, 1.54) is 12.7 Å². The van der Waals surface area contributed by atoms with Gasteiger partial charge in [-0.2, -0.15) is 0 Å². The lowest BCUT2D eigenvalue weighted by Crippen LogP contribution is -2.11. The number of hydrogen-bond acceptors (Lipinski definition) is 3. The van der Waals surface area contributed by atoms with Gasteiger partial charge >= 0.3 is 5.97 Å². The van der Waals surface area contributed by atoms with Crippen LogP contribution in [0.2, 0.25) is 0 Å². The molecular weight excluding hydrogens is 330 g/mol. The lowest BCUT2D eigenvalue weighted by molar-refractivity contribution is 0.0600. The van der Waals surface area contributed by atoms with E-state index >= 15 is 0 Å². The standard InChI is InChI=1S/C21H17NO2S/c1-24-21(23)18-9-7-17(8-10-18)20(25)22-19-13-11-16(12-14-19)15-5-3-2-4-6-15/h2-14H,1H3,(H,22,25). The molecule has 124 valence electrons. The van der Waals surface area contributed by atoms with Crippen molar-refractivity contribution in [2.75, 3.05) is 12.4 Å². The van der Waals surface area contributed by atoms with Crippen molar-refractivity contribution in [1.29, 1.82) is 0 Å². The van der Waals surface area contributed by atoms with Gasteiger partial charge in [0.1, 0.15) is 4.99 Å². The van der Waals surface area contributed by atoms with Crippen LogP contribution in [-0.2, 0) is 4.74 Å². The monoisotopic (exact) mass is 347 g/mol. The second-order valence-corrected chi connectivity index (χ2v) is 5.87. The van der Waals surface area contributed by atoms with Gasteiger partial charge in [0.25, 0.3) is 0 Å². The summed E-state index contributed by atoms with van der Waals surface area (Å²) in [5.41, 5.74) is 4.59. The minimum Gasteiger partial charge on any atom is -0.465 e. The van der Waals surface area contributed by atoms with Gasteiger partial charge in [0.05, 0.1) is 12.7 Å². The molecule has 0 bridgehead atoms. The molecule has 25 heavy (non-hydrogen) atoms. The number of thiocarbonyl (C=S) groups is 1. The predicted octanol–water partition coefficient (Wildman–Crippen LogP) is 4.93. The average molecular weight is 347 g/mol. The maximum absolute atomic E-state index is 11.5. The molecule has 3 aromatic rings.